The lowest BCUT2D eigenvalue weighted by Crippen LogP contribution is -2.36. The smallest absolute Gasteiger partial charge is 0.185 e. The second-order valence-corrected chi connectivity index (χ2v) is 6.50. The minimum atomic E-state index is -0.444. The van der Waals surface area contributed by atoms with Crippen LogP contribution in [-0.2, 0) is 4.79 Å². The molecule has 0 amide bonds. The highest BCUT2D eigenvalue weighted by Crippen LogP contribution is 2.21. The molecule has 0 aromatic heterocycles. The summed E-state index contributed by atoms with van der Waals surface area (Å²) < 4.78 is 0. The Labute approximate surface area is 142 Å². The van der Waals surface area contributed by atoms with Gasteiger partial charge in [-0.15, -0.1) is 0 Å². The maximum absolute atomic E-state index is 12.6. The molecule has 0 bridgehead atoms. The van der Waals surface area contributed by atoms with E-state index in [1.807, 2.05) is 0 Å². The molecule has 0 aliphatic carbocycles. The molecule has 5 heteroatoms. The van der Waals surface area contributed by atoms with Crippen LogP contribution in [0.15, 0.2) is 4.99 Å². The number of rotatable bonds is 15. The molecule has 0 fully saturated rings. The van der Waals surface area contributed by atoms with Crippen LogP contribution in [0.5, 0.6) is 0 Å². The Morgan fingerprint density at radius 2 is 1.39 bits per heavy atom. The molecule has 136 valence electrons. The molecular weight excluding hydrogens is 288 g/mol. The number of unbranched alkanes of at least 4 members (excludes halogenated alkanes) is 6. The van der Waals surface area contributed by atoms with Gasteiger partial charge in [-0.25, -0.2) is 0 Å². The Hall–Kier alpha value is -1.10. The van der Waals surface area contributed by atoms with Gasteiger partial charge in [-0.05, 0) is 19.3 Å². The van der Waals surface area contributed by atoms with Crippen molar-refractivity contribution in [2.24, 2.45) is 28.1 Å². The van der Waals surface area contributed by atoms with Crippen LogP contribution in [0.25, 0.3) is 0 Å². The Bertz CT molecular complexity index is 315. The van der Waals surface area contributed by atoms with Gasteiger partial charge in [-0.3, -0.25) is 9.79 Å². The number of Topliss-reactive ketones (excluding diaryl/α,β-unsaturated/α-hetero) is 1. The summed E-state index contributed by atoms with van der Waals surface area (Å²) in [6, 6.07) is -0.444. The van der Waals surface area contributed by atoms with E-state index in [1.54, 1.807) is 0 Å². The number of nitrogens with two attached hydrogens (primary N) is 3. The average Bonchev–Trinajstić information content (AvgIpc) is 2.52. The summed E-state index contributed by atoms with van der Waals surface area (Å²) in [6.07, 6.45) is 12.0. The van der Waals surface area contributed by atoms with E-state index in [1.165, 1.54) is 38.5 Å². The lowest BCUT2D eigenvalue weighted by atomic mass is 9.87. The molecule has 5 nitrogen and oxygen atoms in total. The van der Waals surface area contributed by atoms with Crippen molar-refractivity contribution in [3.63, 3.8) is 0 Å². The Balaban J connectivity index is 4.35. The van der Waals surface area contributed by atoms with E-state index >= 15 is 0 Å². The minimum Gasteiger partial charge on any atom is -0.370 e. The van der Waals surface area contributed by atoms with E-state index in [0.29, 0.717) is 13.0 Å². The summed E-state index contributed by atoms with van der Waals surface area (Å²) >= 11 is 0. The minimum absolute atomic E-state index is 0.0559. The second-order valence-electron chi connectivity index (χ2n) is 6.50. The highest BCUT2D eigenvalue weighted by molar-refractivity contribution is 5.86. The van der Waals surface area contributed by atoms with Crippen molar-refractivity contribution in [1.82, 2.24) is 0 Å². The van der Waals surface area contributed by atoms with Crippen molar-refractivity contribution in [2.75, 3.05) is 6.54 Å². The van der Waals surface area contributed by atoms with Crippen LogP contribution in [0.1, 0.15) is 84.5 Å². The number of hydrogen-bond donors (Lipinski definition) is 3. The van der Waals surface area contributed by atoms with Crippen molar-refractivity contribution in [3.8, 4) is 0 Å². The first-order chi connectivity index (χ1) is 11.0. The van der Waals surface area contributed by atoms with Crippen LogP contribution in [0.2, 0.25) is 0 Å². The van der Waals surface area contributed by atoms with Crippen molar-refractivity contribution in [3.05, 3.63) is 0 Å². The maximum Gasteiger partial charge on any atom is 0.185 e. The number of hydrogen-bond acceptors (Lipinski definition) is 3. The van der Waals surface area contributed by atoms with Gasteiger partial charge in [-0.1, -0.05) is 65.2 Å². The van der Waals surface area contributed by atoms with Gasteiger partial charge in [0.1, 0.15) is 0 Å². The number of aliphatic imine (C=N–C) groups is 1. The van der Waals surface area contributed by atoms with Gasteiger partial charge >= 0.3 is 0 Å². The van der Waals surface area contributed by atoms with Crippen LogP contribution < -0.4 is 17.2 Å². The van der Waals surface area contributed by atoms with Crippen molar-refractivity contribution in [2.45, 2.75) is 90.5 Å². The molecule has 6 N–H and O–H groups in total. The molecule has 0 aromatic carbocycles. The lowest BCUT2D eigenvalue weighted by molar-refractivity contribution is -0.124. The fraction of sp³-hybridized carbons (Fsp3) is 0.889. The maximum atomic E-state index is 12.6. The van der Waals surface area contributed by atoms with Gasteiger partial charge in [0, 0.05) is 12.5 Å². The Morgan fingerprint density at radius 1 is 0.870 bits per heavy atom. The molecule has 0 saturated carbocycles. The third-order valence-electron chi connectivity index (χ3n) is 4.31. The van der Waals surface area contributed by atoms with E-state index < -0.39 is 6.04 Å². The quantitative estimate of drug-likeness (QED) is 0.244. The van der Waals surface area contributed by atoms with Crippen molar-refractivity contribution in [1.29, 1.82) is 0 Å². The SMILES string of the molecule is CCCCCCC(CCCCCC)C(=O)[C@@H](N)CCN=C(N)N. The monoisotopic (exact) mass is 326 g/mol. The molecular formula is C18H38N4O. The van der Waals surface area contributed by atoms with Gasteiger partial charge < -0.3 is 17.2 Å². The second kappa shape index (κ2) is 14.5. The Morgan fingerprint density at radius 3 is 1.83 bits per heavy atom. The third kappa shape index (κ3) is 12.0. The predicted octanol–water partition coefficient (Wildman–Crippen LogP) is 3.10. The summed E-state index contributed by atoms with van der Waals surface area (Å²) in [5.74, 6) is 0.363. The first kappa shape index (κ1) is 21.9. The van der Waals surface area contributed by atoms with Crippen LogP contribution >= 0.6 is 0 Å². The van der Waals surface area contributed by atoms with Crippen LogP contribution in [-0.4, -0.2) is 24.3 Å². The normalized spacial score (nSPS) is 12.3. The first-order valence-electron chi connectivity index (χ1n) is 9.37. The molecule has 0 spiro atoms. The zero-order valence-corrected chi connectivity index (χ0v) is 15.2. The molecule has 23 heavy (non-hydrogen) atoms. The van der Waals surface area contributed by atoms with E-state index in [-0.39, 0.29) is 17.7 Å². The molecule has 0 aromatic rings. The fourth-order valence-electron chi connectivity index (χ4n) is 2.84. The summed E-state index contributed by atoms with van der Waals surface area (Å²) in [6.45, 7) is 4.83. The van der Waals surface area contributed by atoms with E-state index in [0.717, 1.165) is 25.7 Å². The topological polar surface area (TPSA) is 107 Å². The highest BCUT2D eigenvalue weighted by atomic mass is 16.1. The molecule has 0 radical (unpaired) electrons. The summed E-state index contributed by atoms with van der Waals surface area (Å²) in [7, 11) is 0. The number of ketones is 1. The number of carbonyl (C=O) groups is 1. The zero-order valence-electron chi connectivity index (χ0n) is 15.2. The molecule has 0 saturated heterocycles. The number of carbonyl (C=O) groups excluding carboxylic acids is 1. The standard InChI is InChI=1S/C18H38N4O/c1-3-5-7-9-11-15(12-10-8-6-4-2)17(23)16(19)13-14-22-18(20)21/h15-16H,3-14,19H2,1-2H3,(H4,20,21,22)/t16-/m0/s1. The summed E-state index contributed by atoms with van der Waals surface area (Å²) in [5.41, 5.74) is 16.7. The average molecular weight is 327 g/mol. The molecule has 1 atom stereocenters. The van der Waals surface area contributed by atoms with Crippen LogP contribution in [0.4, 0.5) is 0 Å². The van der Waals surface area contributed by atoms with Crippen molar-refractivity contribution >= 4 is 11.7 Å². The fourth-order valence-corrected chi connectivity index (χ4v) is 2.84. The molecule has 0 rings (SSSR count). The van der Waals surface area contributed by atoms with E-state index in [4.69, 9.17) is 17.2 Å². The Kier molecular flexibility index (Phi) is 13.8. The predicted molar refractivity (Wildman–Crippen MR) is 99.3 cm³/mol. The van der Waals surface area contributed by atoms with Gasteiger partial charge in [0.25, 0.3) is 0 Å². The largest absolute Gasteiger partial charge is 0.370 e. The summed E-state index contributed by atoms with van der Waals surface area (Å²) in [5, 5.41) is 0. The third-order valence-corrected chi connectivity index (χ3v) is 4.31. The van der Waals surface area contributed by atoms with Gasteiger partial charge in [-0.2, -0.15) is 0 Å². The van der Waals surface area contributed by atoms with Crippen LogP contribution in [0.3, 0.4) is 0 Å². The highest BCUT2D eigenvalue weighted by Gasteiger charge is 2.23. The molecule has 0 aliphatic heterocycles. The molecule has 0 heterocycles. The first-order valence-corrected chi connectivity index (χ1v) is 9.37. The summed E-state index contributed by atoms with van der Waals surface area (Å²) in [4.78, 5) is 16.5. The number of nitrogens with zero attached hydrogens (tertiary/aromatic N) is 1. The van der Waals surface area contributed by atoms with E-state index in [2.05, 4.69) is 18.8 Å². The molecule has 0 aliphatic rings. The lowest BCUT2D eigenvalue weighted by Gasteiger charge is -2.19. The van der Waals surface area contributed by atoms with Crippen molar-refractivity contribution < 1.29 is 4.79 Å². The van der Waals surface area contributed by atoms with Gasteiger partial charge in [0.05, 0.1) is 6.04 Å². The van der Waals surface area contributed by atoms with Gasteiger partial charge in [0.2, 0.25) is 0 Å². The van der Waals surface area contributed by atoms with Crippen LogP contribution in [0, 0.1) is 5.92 Å². The van der Waals surface area contributed by atoms with Gasteiger partial charge in [0.15, 0.2) is 11.7 Å². The zero-order chi connectivity index (χ0) is 17.5. The van der Waals surface area contributed by atoms with E-state index in [9.17, 15) is 4.79 Å². The number of guanidine groups is 1. The molecule has 0 unspecified atom stereocenters.